The van der Waals surface area contributed by atoms with Crippen LogP contribution in [-0.4, -0.2) is 18.2 Å². The average molecular weight is 268 g/mol. The van der Waals surface area contributed by atoms with Gasteiger partial charge >= 0.3 is 5.97 Å². The van der Waals surface area contributed by atoms with Gasteiger partial charge in [-0.3, -0.25) is 4.79 Å². The molecule has 1 aromatic rings. The molecule has 2 rings (SSSR count). The summed E-state index contributed by atoms with van der Waals surface area (Å²) in [6.45, 7) is 3.84. The van der Waals surface area contributed by atoms with E-state index < -0.39 is 5.92 Å². The first kappa shape index (κ1) is 12.1. The molecule has 2 unspecified atom stereocenters. The minimum absolute atomic E-state index is 0.205. The van der Waals surface area contributed by atoms with Gasteiger partial charge in [-0.15, -0.1) is 11.3 Å². The summed E-state index contributed by atoms with van der Waals surface area (Å²) in [4.78, 5) is 12.8. The van der Waals surface area contributed by atoms with E-state index >= 15 is 0 Å². The highest BCUT2D eigenvalue weighted by Crippen LogP contribution is 2.32. The maximum atomic E-state index is 11.8. The van der Waals surface area contributed by atoms with E-state index in [-0.39, 0.29) is 12.0 Å². The van der Waals surface area contributed by atoms with Gasteiger partial charge in [-0.2, -0.15) is 0 Å². The highest BCUT2D eigenvalue weighted by molar-refractivity contribution is 7.80. The van der Waals surface area contributed by atoms with Crippen molar-refractivity contribution in [3.63, 3.8) is 0 Å². The number of hydrogen-bond donors (Lipinski definition) is 2. The molecule has 90 valence electrons. The molecule has 0 spiro atoms. The van der Waals surface area contributed by atoms with Crippen molar-refractivity contribution in [3.05, 3.63) is 34.7 Å². The summed E-state index contributed by atoms with van der Waals surface area (Å²) in [5.41, 5.74) is 0.569. The lowest BCUT2D eigenvalue weighted by Gasteiger charge is -2.33. The van der Waals surface area contributed by atoms with Crippen molar-refractivity contribution in [3.8, 4) is 0 Å². The fourth-order valence-corrected chi connectivity index (χ4v) is 2.87. The van der Waals surface area contributed by atoms with Gasteiger partial charge in [0.15, 0.2) is 5.11 Å². The highest BCUT2D eigenvalue weighted by Gasteiger charge is 2.37. The number of nitrogens with one attached hydrogen (secondary N) is 2. The van der Waals surface area contributed by atoms with Crippen molar-refractivity contribution in [2.24, 2.45) is 5.92 Å². The zero-order valence-electron chi connectivity index (χ0n) is 9.23. The zero-order valence-corrected chi connectivity index (χ0v) is 10.9. The Morgan fingerprint density at radius 1 is 1.65 bits per heavy atom. The molecule has 2 heterocycles. The van der Waals surface area contributed by atoms with Crippen LogP contribution in [0.15, 0.2) is 29.8 Å². The van der Waals surface area contributed by atoms with Crippen molar-refractivity contribution in [1.29, 1.82) is 0 Å². The summed E-state index contributed by atoms with van der Waals surface area (Å²) in [5.74, 6) is -0.791. The van der Waals surface area contributed by atoms with E-state index in [2.05, 4.69) is 17.2 Å². The molecule has 1 aliphatic rings. The third-order valence-corrected chi connectivity index (χ3v) is 3.75. The second-order valence-corrected chi connectivity index (χ2v) is 5.01. The van der Waals surface area contributed by atoms with Crippen molar-refractivity contribution >= 4 is 34.6 Å². The second-order valence-electron chi connectivity index (χ2n) is 3.62. The molecule has 6 heteroatoms. The van der Waals surface area contributed by atoms with Gasteiger partial charge in [0.2, 0.25) is 0 Å². The number of methoxy groups -OCH3 is 1. The first-order valence-electron chi connectivity index (χ1n) is 5.01. The lowest BCUT2D eigenvalue weighted by atomic mass is 9.93. The largest absolute Gasteiger partial charge is 0.468 e. The van der Waals surface area contributed by atoms with Gasteiger partial charge in [-0.25, -0.2) is 0 Å². The average Bonchev–Trinajstić information content (AvgIpc) is 2.80. The Labute approximate surface area is 109 Å². The summed E-state index contributed by atoms with van der Waals surface area (Å²) >= 11 is 6.65. The number of carbonyl (C=O) groups is 1. The van der Waals surface area contributed by atoms with Gasteiger partial charge in [0.1, 0.15) is 5.92 Å². The van der Waals surface area contributed by atoms with E-state index in [4.69, 9.17) is 17.0 Å². The van der Waals surface area contributed by atoms with Crippen LogP contribution in [-0.2, 0) is 9.53 Å². The first-order chi connectivity index (χ1) is 8.13. The number of carbonyl (C=O) groups excluding carboxylic acids is 1. The molecule has 1 fully saturated rings. The Hall–Kier alpha value is -1.40. The minimum Gasteiger partial charge on any atom is -0.468 e. The van der Waals surface area contributed by atoms with Crippen molar-refractivity contribution < 1.29 is 9.53 Å². The van der Waals surface area contributed by atoms with Gasteiger partial charge in [-0.05, 0) is 23.7 Å². The third kappa shape index (κ3) is 2.32. The van der Waals surface area contributed by atoms with E-state index in [1.165, 1.54) is 7.11 Å². The predicted octanol–water partition coefficient (Wildman–Crippen LogP) is 1.57. The van der Waals surface area contributed by atoms with E-state index in [9.17, 15) is 4.79 Å². The second kappa shape index (κ2) is 4.85. The van der Waals surface area contributed by atoms with E-state index in [0.29, 0.717) is 10.8 Å². The van der Waals surface area contributed by atoms with E-state index in [1.807, 2.05) is 17.5 Å². The molecule has 4 nitrogen and oxygen atoms in total. The molecule has 0 bridgehead atoms. The Balaban J connectivity index is 2.34. The maximum absolute atomic E-state index is 11.8. The molecule has 1 aliphatic heterocycles. The summed E-state index contributed by atoms with van der Waals surface area (Å²) in [5, 5.41) is 8.39. The topological polar surface area (TPSA) is 50.4 Å². The van der Waals surface area contributed by atoms with Crippen LogP contribution in [0, 0.1) is 5.92 Å². The van der Waals surface area contributed by atoms with Gasteiger partial charge in [0, 0.05) is 10.6 Å². The number of ether oxygens (including phenoxy) is 1. The number of thiophene rings is 1. The quantitative estimate of drug-likeness (QED) is 0.630. The predicted molar refractivity (Wildman–Crippen MR) is 70.6 cm³/mol. The van der Waals surface area contributed by atoms with E-state index in [1.54, 1.807) is 11.3 Å². The lowest BCUT2D eigenvalue weighted by molar-refractivity contribution is -0.145. The zero-order chi connectivity index (χ0) is 12.4. The molecule has 17 heavy (non-hydrogen) atoms. The molecule has 2 atom stereocenters. The molecule has 0 aromatic carbocycles. The van der Waals surface area contributed by atoms with Crippen LogP contribution in [0.5, 0.6) is 0 Å². The van der Waals surface area contributed by atoms with Gasteiger partial charge in [-0.1, -0.05) is 12.6 Å². The van der Waals surface area contributed by atoms with Crippen LogP contribution in [0.2, 0.25) is 0 Å². The molecule has 0 amide bonds. The van der Waals surface area contributed by atoms with Crippen LogP contribution in [0.25, 0.3) is 0 Å². The fourth-order valence-electron chi connectivity index (χ4n) is 1.79. The third-order valence-electron chi connectivity index (χ3n) is 2.57. The maximum Gasteiger partial charge on any atom is 0.317 e. The normalized spacial score (nSPS) is 23.8. The Morgan fingerprint density at radius 2 is 2.41 bits per heavy atom. The SMILES string of the molecule is C=C1NC(=S)NC(c2cccs2)C1C(=O)OC. The molecule has 0 aliphatic carbocycles. The summed E-state index contributed by atoms with van der Waals surface area (Å²) in [6, 6.07) is 3.69. The number of rotatable bonds is 2. The Morgan fingerprint density at radius 3 is 3.00 bits per heavy atom. The number of hydrogen-bond acceptors (Lipinski definition) is 4. The lowest BCUT2D eigenvalue weighted by Crippen LogP contribution is -2.50. The van der Waals surface area contributed by atoms with E-state index in [0.717, 1.165) is 4.88 Å². The minimum atomic E-state index is -0.467. The number of thiocarbonyl (C=S) groups is 1. The highest BCUT2D eigenvalue weighted by atomic mass is 32.1. The van der Waals surface area contributed by atoms with Crippen LogP contribution < -0.4 is 10.6 Å². The van der Waals surface area contributed by atoms with Crippen LogP contribution in [0.3, 0.4) is 0 Å². The molecular formula is C11H12N2O2S2. The van der Waals surface area contributed by atoms with Crippen LogP contribution in [0.1, 0.15) is 10.9 Å². The molecule has 1 saturated heterocycles. The standard InChI is InChI=1S/C11H12N2O2S2/c1-6-8(10(14)15-2)9(13-11(16)12-6)7-4-3-5-17-7/h3-5,8-9H,1H2,2H3,(H2,12,13,16). The Kier molecular flexibility index (Phi) is 3.44. The molecule has 1 aromatic heterocycles. The van der Waals surface area contributed by atoms with Crippen LogP contribution in [0.4, 0.5) is 0 Å². The van der Waals surface area contributed by atoms with Crippen molar-refractivity contribution in [2.75, 3.05) is 7.11 Å². The first-order valence-corrected chi connectivity index (χ1v) is 6.30. The summed E-state index contributed by atoms with van der Waals surface area (Å²) in [7, 11) is 1.37. The van der Waals surface area contributed by atoms with Gasteiger partial charge in [0.05, 0.1) is 13.2 Å². The molecular weight excluding hydrogens is 256 g/mol. The molecule has 0 saturated carbocycles. The fraction of sp³-hybridized carbons (Fsp3) is 0.273. The number of esters is 1. The monoisotopic (exact) mass is 268 g/mol. The molecule has 0 radical (unpaired) electrons. The van der Waals surface area contributed by atoms with Crippen LogP contribution >= 0.6 is 23.6 Å². The Bertz CT molecular complexity index is 456. The smallest absolute Gasteiger partial charge is 0.317 e. The summed E-state index contributed by atoms with van der Waals surface area (Å²) < 4.78 is 4.81. The van der Waals surface area contributed by atoms with Crippen molar-refractivity contribution in [2.45, 2.75) is 6.04 Å². The van der Waals surface area contributed by atoms with Gasteiger partial charge in [0.25, 0.3) is 0 Å². The van der Waals surface area contributed by atoms with Gasteiger partial charge < -0.3 is 15.4 Å². The molecule has 2 N–H and O–H groups in total. The van der Waals surface area contributed by atoms with Crippen molar-refractivity contribution in [1.82, 2.24) is 10.6 Å². The summed E-state index contributed by atoms with van der Waals surface area (Å²) in [6.07, 6.45) is 0.